The molecule has 0 rings (SSSR count). The van der Waals surface area contributed by atoms with Crippen LogP contribution in [0.25, 0.3) is 0 Å². The van der Waals surface area contributed by atoms with E-state index in [1.807, 2.05) is 0 Å². The van der Waals surface area contributed by atoms with Gasteiger partial charge < -0.3 is 14.9 Å². The molecule has 1 unspecified atom stereocenters. The Hall–Kier alpha value is -0.900. The van der Waals surface area contributed by atoms with Gasteiger partial charge in [-0.3, -0.25) is 9.36 Å². The van der Waals surface area contributed by atoms with E-state index in [1.54, 1.807) is 0 Å². The van der Waals surface area contributed by atoms with E-state index in [2.05, 4.69) is 31.2 Å². The second-order valence-corrected chi connectivity index (χ2v) is 7.91. The molecule has 0 aromatic heterocycles. The Morgan fingerprint density at radius 3 is 1.96 bits per heavy atom. The van der Waals surface area contributed by atoms with Crippen LogP contribution in [0.1, 0.15) is 77.6 Å². The van der Waals surface area contributed by atoms with Crippen molar-refractivity contribution in [3.8, 4) is 0 Å². The normalized spacial score (nSPS) is 13.8. The van der Waals surface area contributed by atoms with Crippen molar-refractivity contribution in [3.05, 3.63) is 24.3 Å². The fraction of sp³-hybridized carbons (Fsp3) is 0.722. The van der Waals surface area contributed by atoms with Crippen molar-refractivity contribution in [3.63, 3.8) is 0 Å². The molecule has 0 saturated carbocycles. The Morgan fingerprint density at radius 1 is 0.917 bits per heavy atom. The number of rotatable bonds is 15. The van der Waals surface area contributed by atoms with Crippen LogP contribution in [-0.4, -0.2) is 26.5 Å². The second kappa shape index (κ2) is 14.4. The Balaban J connectivity index is 3.58. The minimum Gasteiger partial charge on any atom is -0.481 e. The first-order chi connectivity index (χ1) is 11.4. The molecule has 1 atom stereocenters. The lowest BCUT2D eigenvalue weighted by atomic mass is 10.1. The highest BCUT2D eigenvalue weighted by molar-refractivity contribution is 7.53. The summed E-state index contributed by atoms with van der Waals surface area (Å²) in [6, 6.07) is 0. The molecule has 0 heterocycles. The number of carboxylic acids is 1. The number of unbranched alkanes of at least 4 members (excludes halogenated alkanes) is 7. The van der Waals surface area contributed by atoms with Crippen molar-refractivity contribution < 1.29 is 24.3 Å². The average molecular weight is 360 g/mol. The van der Waals surface area contributed by atoms with E-state index in [4.69, 9.17) is 14.9 Å². The Morgan fingerprint density at radius 2 is 1.46 bits per heavy atom. The van der Waals surface area contributed by atoms with Gasteiger partial charge in [-0.2, -0.15) is 0 Å². The van der Waals surface area contributed by atoms with Crippen molar-refractivity contribution in [1.29, 1.82) is 0 Å². The van der Waals surface area contributed by atoms with E-state index in [-0.39, 0.29) is 6.42 Å². The van der Waals surface area contributed by atoms with Crippen LogP contribution in [0.4, 0.5) is 0 Å². The summed E-state index contributed by atoms with van der Waals surface area (Å²) in [4.78, 5) is 28.7. The summed E-state index contributed by atoms with van der Waals surface area (Å²) in [7, 11) is -4.54. The molecule has 0 aliphatic carbocycles. The van der Waals surface area contributed by atoms with Gasteiger partial charge in [-0.15, -0.1) is 0 Å². The maximum Gasteiger partial charge on any atom is 0.339 e. The van der Waals surface area contributed by atoms with E-state index < -0.39 is 19.2 Å². The first kappa shape index (κ1) is 23.1. The molecule has 24 heavy (non-hydrogen) atoms. The summed E-state index contributed by atoms with van der Waals surface area (Å²) >= 11 is 0. The molecule has 6 heteroatoms. The number of aliphatic carboxylic acids is 1. The molecule has 0 aromatic rings. The van der Waals surface area contributed by atoms with Crippen LogP contribution >= 0.6 is 7.60 Å². The van der Waals surface area contributed by atoms with E-state index in [1.165, 1.54) is 19.3 Å². The third kappa shape index (κ3) is 13.5. The van der Waals surface area contributed by atoms with Crippen molar-refractivity contribution in [2.75, 3.05) is 0 Å². The standard InChI is InChI=1S/C18H33O5P/c1-2-3-4-5-6-7-8-9-10-11-12-13-14-15-16-17(18(19)20)24(21,22)23/h6-7,9-10,17H,2-5,8,11-16H2,1H3,(H,19,20)(H2,21,22,23)/b7-6-,10-9-. The zero-order chi connectivity index (χ0) is 18.3. The number of hydrogen-bond acceptors (Lipinski definition) is 2. The minimum absolute atomic E-state index is 0.0400. The highest BCUT2D eigenvalue weighted by atomic mass is 31.2. The molecule has 0 aliphatic heterocycles. The molecule has 3 N–H and O–H groups in total. The quantitative estimate of drug-likeness (QED) is 0.216. The third-order valence-corrected chi connectivity index (χ3v) is 5.16. The fourth-order valence-electron chi connectivity index (χ4n) is 2.41. The molecule has 0 amide bonds. The van der Waals surface area contributed by atoms with Crippen molar-refractivity contribution >= 4 is 13.6 Å². The third-order valence-electron chi connectivity index (χ3n) is 3.87. The summed E-state index contributed by atoms with van der Waals surface area (Å²) < 4.78 is 11.0. The lowest BCUT2D eigenvalue weighted by Crippen LogP contribution is -2.20. The predicted octanol–water partition coefficient (Wildman–Crippen LogP) is 5.04. The van der Waals surface area contributed by atoms with Gasteiger partial charge in [0.15, 0.2) is 5.66 Å². The lowest BCUT2D eigenvalue weighted by molar-refractivity contribution is -0.137. The molecule has 0 radical (unpaired) electrons. The predicted molar refractivity (Wildman–Crippen MR) is 98.2 cm³/mol. The highest BCUT2D eigenvalue weighted by Gasteiger charge is 2.34. The first-order valence-corrected chi connectivity index (χ1v) is 10.7. The maximum atomic E-state index is 11.0. The summed E-state index contributed by atoms with van der Waals surface area (Å²) in [5.41, 5.74) is -1.55. The molecule has 0 aliphatic rings. The van der Waals surface area contributed by atoms with Gasteiger partial charge in [0, 0.05) is 0 Å². The average Bonchev–Trinajstić information content (AvgIpc) is 2.49. The number of carboxylic acid groups (broad SMARTS) is 1. The molecule has 0 aromatic carbocycles. The van der Waals surface area contributed by atoms with Crippen molar-refractivity contribution in [2.24, 2.45) is 0 Å². The summed E-state index contributed by atoms with van der Waals surface area (Å²) in [5.74, 6) is -1.41. The van der Waals surface area contributed by atoms with Gasteiger partial charge in [0.1, 0.15) is 0 Å². The van der Waals surface area contributed by atoms with Gasteiger partial charge in [0.05, 0.1) is 0 Å². The van der Waals surface area contributed by atoms with E-state index in [0.717, 1.165) is 38.5 Å². The van der Waals surface area contributed by atoms with Crippen LogP contribution in [0.3, 0.4) is 0 Å². The molecule has 0 fully saturated rings. The summed E-state index contributed by atoms with van der Waals surface area (Å²) in [6.45, 7) is 2.20. The summed E-state index contributed by atoms with van der Waals surface area (Å²) in [5, 5.41) is 8.81. The van der Waals surface area contributed by atoms with Gasteiger partial charge in [0.25, 0.3) is 0 Å². The van der Waals surface area contributed by atoms with E-state index in [9.17, 15) is 9.36 Å². The van der Waals surface area contributed by atoms with Gasteiger partial charge >= 0.3 is 13.6 Å². The highest BCUT2D eigenvalue weighted by Crippen LogP contribution is 2.43. The Kier molecular flexibility index (Phi) is 13.9. The lowest BCUT2D eigenvalue weighted by Gasteiger charge is -2.13. The van der Waals surface area contributed by atoms with Crippen LogP contribution in [-0.2, 0) is 9.36 Å². The fourth-order valence-corrected chi connectivity index (χ4v) is 3.21. The van der Waals surface area contributed by atoms with Crippen LogP contribution in [0.15, 0.2) is 24.3 Å². The molecular formula is C18H33O5P. The zero-order valence-electron chi connectivity index (χ0n) is 14.8. The Bertz CT molecular complexity index is 425. The number of hydrogen-bond donors (Lipinski definition) is 3. The molecular weight excluding hydrogens is 327 g/mol. The Labute approximate surface area is 146 Å². The SMILES string of the molecule is CCCCC/C=C\C/C=C\CCCCCCC(C(=O)O)P(=O)(O)O. The number of allylic oxidation sites excluding steroid dienone is 4. The van der Waals surface area contributed by atoms with Gasteiger partial charge in [0.2, 0.25) is 0 Å². The number of carbonyl (C=O) groups is 1. The van der Waals surface area contributed by atoms with Crippen molar-refractivity contribution in [1.82, 2.24) is 0 Å². The topological polar surface area (TPSA) is 94.8 Å². The van der Waals surface area contributed by atoms with E-state index in [0.29, 0.717) is 6.42 Å². The minimum atomic E-state index is -4.54. The van der Waals surface area contributed by atoms with Crippen molar-refractivity contribution in [2.45, 2.75) is 83.2 Å². The van der Waals surface area contributed by atoms with E-state index >= 15 is 0 Å². The molecule has 5 nitrogen and oxygen atoms in total. The zero-order valence-corrected chi connectivity index (χ0v) is 15.7. The first-order valence-electron chi connectivity index (χ1n) is 8.97. The second-order valence-electron chi connectivity index (χ2n) is 6.11. The maximum absolute atomic E-state index is 11.0. The van der Waals surface area contributed by atoms with Crippen LogP contribution in [0, 0.1) is 0 Å². The molecule has 0 bridgehead atoms. The molecule has 0 spiro atoms. The summed E-state index contributed by atoms with van der Waals surface area (Å²) in [6.07, 6.45) is 19.0. The largest absolute Gasteiger partial charge is 0.481 e. The van der Waals surface area contributed by atoms with Crippen LogP contribution in [0.2, 0.25) is 0 Å². The van der Waals surface area contributed by atoms with Gasteiger partial charge in [-0.1, -0.05) is 63.3 Å². The molecule has 0 saturated heterocycles. The van der Waals surface area contributed by atoms with Gasteiger partial charge in [-0.25, -0.2) is 0 Å². The van der Waals surface area contributed by atoms with Gasteiger partial charge in [-0.05, 0) is 38.5 Å². The monoisotopic (exact) mass is 360 g/mol. The molecule has 140 valence electrons. The van der Waals surface area contributed by atoms with Crippen LogP contribution < -0.4 is 0 Å². The van der Waals surface area contributed by atoms with Crippen LogP contribution in [0.5, 0.6) is 0 Å². The smallest absolute Gasteiger partial charge is 0.339 e.